The van der Waals surface area contributed by atoms with Crippen molar-refractivity contribution < 1.29 is 9.59 Å². The molecule has 1 fully saturated rings. The van der Waals surface area contributed by atoms with E-state index in [1.807, 2.05) is 46.7 Å². The third-order valence-corrected chi connectivity index (χ3v) is 9.52. The Labute approximate surface area is 235 Å². The predicted octanol–water partition coefficient (Wildman–Crippen LogP) is 5.31. The molecule has 1 aliphatic heterocycles. The molecule has 0 bridgehead atoms. The van der Waals surface area contributed by atoms with Crippen LogP contribution in [-0.2, 0) is 12.8 Å². The molecule has 4 aromatic rings. The van der Waals surface area contributed by atoms with Gasteiger partial charge in [0.25, 0.3) is 11.8 Å². The normalized spacial score (nSPS) is 18.8. The van der Waals surface area contributed by atoms with Gasteiger partial charge in [0.15, 0.2) is 5.13 Å². The quantitative estimate of drug-likeness (QED) is 0.345. The first kappa shape index (κ1) is 25.8. The standard InChI is InChI=1S/C29H30N6O2S2/c1-34(2)21-8-9-25-22(16-21)32-29(39-25)33-26(36)20-6-3-5-19(15-20)24-7-4-14-35(24)28(37)23-17-38-27(31-23)18-10-12-30-13-11-18/h3,5-6,10-13,15,17,21,24H,4,7-9,14,16H2,1-2H3,(H,32,33,36)/t21-,24+/m0/s1. The van der Waals surface area contributed by atoms with E-state index in [-0.39, 0.29) is 17.9 Å². The van der Waals surface area contributed by atoms with Crippen LogP contribution in [0.1, 0.15) is 62.3 Å². The third kappa shape index (κ3) is 5.36. The van der Waals surface area contributed by atoms with E-state index in [4.69, 9.17) is 4.98 Å². The Morgan fingerprint density at radius 1 is 1.10 bits per heavy atom. The molecule has 4 heterocycles. The molecule has 2 aliphatic rings. The van der Waals surface area contributed by atoms with Gasteiger partial charge < -0.3 is 9.80 Å². The van der Waals surface area contributed by atoms with Gasteiger partial charge in [-0.1, -0.05) is 12.1 Å². The number of pyridine rings is 1. The molecule has 6 rings (SSSR count). The number of nitrogens with zero attached hydrogens (tertiary/aromatic N) is 5. The average Bonchev–Trinajstić information content (AvgIpc) is 3.72. The van der Waals surface area contributed by atoms with E-state index < -0.39 is 0 Å². The lowest BCUT2D eigenvalue weighted by Gasteiger charge is -2.27. The first-order valence-corrected chi connectivity index (χ1v) is 14.9. The molecule has 0 spiro atoms. The Hall–Kier alpha value is -3.47. The summed E-state index contributed by atoms with van der Waals surface area (Å²) in [4.78, 5) is 45.5. The number of likely N-dealkylation sites (N-methyl/N-ethyl adjacent to an activating group) is 1. The van der Waals surface area contributed by atoms with Crippen molar-refractivity contribution in [2.75, 3.05) is 26.0 Å². The van der Waals surface area contributed by atoms with Gasteiger partial charge in [0.1, 0.15) is 10.7 Å². The lowest BCUT2D eigenvalue weighted by atomic mass is 9.97. The first-order chi connectivity index (χ1) is 19.0. The Kier molecular flexibility index (Phi) is 7.24. The maximum Gasteiger partial charge on any atom is 0.273 e. The van der Waals surface area contributed by atoms with Crippen LogP contribution in [0.3, 0.4) is 0 Å². The predicted molar refractivity (Wildman–Crippen MR) is 154 cm³/mol. The Balaban J connectivity index is 1.16. The summed E-state index contributed by atoms with van der Waals surface area (Å²) in [6.45, 7) is 0.667. The van der Waals surface area contributed by atoms with Crippen LogP contribution in [0.5, 0.6) is 0 Å². The van der Waals surface area contributed by atoms with Crippen molar-refractivity contribution in [2.45, 2.75) is 44.2 Å². The number of fused-ring (bicyclic) bond motifs is 1. The van der Waals surface area contributed by atoms with E-state index in [1.165, 1.54) is 16.2 Å². The molecule has 0 saturated carbocycles. The number of hydrogen-bond donors (Lipinski definition) is 1. The van der Waals surface area contributed by atoms with Gasteiger partial charge in [-0.05, 0) is 69.6 Å². The van der Waals surface area contributed by atoms with Gasteiger partial charge in [0.05, 0.1) is 11.7 Å². The molecule has 0 unspecified atom stereocenters. The highest BCUT2D eigenvalue weighted by atomic mass is 32.1. The van der Waals surface area contributed by atoms with Crippen LogP contribution in [0.15, 0.2) is 54.2 Å². The van der Waals surface area contributed by atoms with Crippen LogP contribution < -0.4 is 5.32 Å². The van der Waals surface area contributed by atoms with Gasteiger partial charge in [-0.15, -0.1) is 22.7 Å². The highest BCUT2D eigenvalue weighted by molar-refractivity contribution is 7.16. The van der Waals surface area contributed by atoms with Gasteiger partial charge in [-0.3, -0.25) is 19.9 Å². The molecule has 1 aromatic carbocycles. The number of thiazole rings is 2. The topological polar surface area (TPSA) is 91.3 Å². The second-order valence-corrected chi connectivity index (χ2v) is 12.2. The zero-order valence-electron chi connectivity index (χ0n) is 22.0. The fraction of sp³-hybridized carbons (Fsp3) is 0.345. The van der Waals surface area contributed by atoms with Gasteiger partial charge in [0, 0.05) is 52.8 Å². The number of aryl methyl sites for hydroxylation is 1. The Morgan fingerprint density at radius 2 is 1.95 bits per heavy atom. The molecule has 39 heavy (non-hydrogen) atoms. The van der Waals surface area contributed by atoms with Gasteiger partial charge in [-0.25, -0.2) is 9.97 Å². The molecule has 2 amide bonds. The third-order valence-electron chi connectivity index (χ3n) is 7.56. The molecular weight excluding hydrogens is 528 g/mol. The highest BCUT2D eigenvalue weighted by Gasteiger charge is 2.32. The minimum absolute atomic E-state index is 0.0756. The van der Waals surface area contributed by atoms with Crippen LogP contribution in [0.4, 0.5) is 5.13 Å². The number of amides is 2. The second-order valence-electron chi connectivity index (χ2n) is 10.3. The Bertz CT molecular complexity index is 1500. The first-order valence-electron chi connectivity index (χ1n) is 13.2. The van der Waals surface area contributed by atoms with E-state index in [9.17, 15) is 9.59 Å². The fourth-order valence-electron chi connectivity index (χ4n) is 5.41. The summed E-state index contributed by atoms with van der Waals surface area (Å²) in [5, 5.41) is 6.30. The lowest BCUT2D eigenvalue weighted by molar-refractivity contribution is 0.0730. The summed E-state index contributed by atoms with van der Waals surface area (Å²) in [5.74, 6) is -0.252. The molecule has 10 heteroatoms. The molecule has 3 aromatic heterocycles. The van der Waals surface area contributed by atoms with Crippen LogP contribution in [0.2, 0.25) is 0 Å². The number of hydrogen-bond acceptors (Lipinski definition) is 8. The molecular formula is C29H30N6O2S2. The van der Waals surface area contributed by atoms with Crippen LogP contribution in [0.25, 0.3) is 10.6 Å². The molecule has 2 atom stereocenters. The average molecular weight is 559 g/mol. The van der Waals surface area contributed by atoms with E-state index in [2.05, 4.69) is 34.3 Å². The summed E-state index contributed by atoms with van der Waals surface area (Å²) in [5.41, 5.74) is 4.04. The minimum Gasteiger partial charge on any atom is -0.330 e. The van der Waals surface area contributed by atoms with Gasteiger partial charge >= 0.3 is 0 Å². The van der Waals surface area contributed by atoms with Crippen molar-refractivity contribution >= 4 is 39.6 Å². The van der Waals surface area contributed by atoms with Crippen molar-refractivity contribution in [3.63, 3.8) is 0 Å². The maximum absolute atomic E-state index is 13.5. The molecule has 1 N–H and O–H groups in total. The van der Waals surface area contributed by atoms with Crippen molar-refractivity contribution in [3.8, 4) is 10.6 Å². The molecule has 1 aliphatic carbocycles. The summed E-state index contributed by atoms with van der Waals surface area (Å²) in [6, 6.07) is 11.8. The fourth-order valence-corrected chi connectivity index (χ4v) is 7.21. The van der Waals surface area contributed by atoms with E-state index in [1.54, 1.807) is 23.7 Å². The van der Waals surface area contributed by atoms with E-state index in [0.717, 1.165) is 53.9 Å². The number of aromatic nitrogens is 3. The van der Waals surface area contributed by atoms with Gasteiger partial charge in [-0.2, -0.15) is 0 Å². The number of carbonyl (C=O) groups excluding carboxylic acids is 2. The van der Waals surface area contributed by atoms with Crippen LogP contribution in [0, 0.1) is 0 Å². The minimum atomic E-state index is -0.176. The van der Waals surface area contributed by atoms with Gasteiger partial charge in [0.2, 0.25) is 0 Å². The number of anilines is 1. The second kappa shape index (κ2) is 11.0. The number of benzene rings is 1. The van der Waals surface area contributed by atoms with Crippen molar-refractivity contribution in [1.82, 2.24) is 24.8 Å². The lowest BCUT2D eigenvalue weighted by Crippen LogP contribution is -2.33. The molecule has 8 nitrogen and oxygen atoms in total. The zero-order chi connectivity index (χ0) is 26.9. The van der Waals surface area contributed by atoms with Crippen LogP contribution in [-0.4, -0.2) is 63.2 Å². The Morgan fingerprint density at radius 3 is 2.77 bits per heavy atom. The van der Waals surface area contributed by atoms with Crippen LogP contribution >= 0.6 is 22.7 Å². The smallest absolute Gasteiger partial charge is 0.273 e. The number of rotatable bonds is 6. The molecule has 0 radical (unpaired) electrons. The highest BCUT2D eigenvalue weighted by Crippen LogP contribution is 2.35. The SMILES string of the molecule is CN(C)[C@H]1CCc2sc(NC(=O)c3cccc([C@H]4CCCN4C(=O)c4csc(-c5ccncc5)n4)c3)nc2C1. The number of likely N-dealkylation sites (tertiary alicyclic amines) is 1. The summed E-state index contributed by atoms with van der Waals surface area (Å²) < 4.78 is 0. The number of carbonyl (C=O) groups is 2. The zero-order valence-corrected chi connectivity index (χ0v) is 23.6. The maximum atomic E-state index is 13.5. The summed E-state index contributed by atoms with van der Waals surface area (Å²) in [6.07, 6.45) is 8.23. The van der Waals surface area contributed by atoms with Crippen molar-refractivity contribution in [3.05, 3.63) is 81.6 Å². The van der Waals surface area contributed by atoms with Crippen molar-refractivity contribution in [2.24, 2.45) is 0 Å². The summed E-state index contributed by atoms with van der Waals surface area (Å²) in [7, 11) is 4.21. The van der Waals surface area contributed by atoms with Crippen molar-refractivity contribution in [1.29, 1.82) is 0 Å². The summed E-state index contributed by atoms with van der Waals surface area (Å²) >= 11 is 3.04. The molecule has 1 saturated heterocycles. The molecule has 200 valence electrons. The van der Waals surface area contributed by atoms with E-state index in [0.29, 0.717) is 29.0 Å². The largest absolute Gasteiger partial charge is 0.330 e. The number of nitrogens with one attached hydrogen (secondary N) is 1. The van der Waals surface area contributed by atoms with E-state index >= 15 is 0 Å². The monoisotopic (exact) mass is 558 g/mol.